The molecule has 0 aliphatic carbocycles. The van der Waals surface area contributed by atoms with Gasteiger partial charge in [-0.1, -0.05) is 0 Å². The number of nitrogens with zero attached hydrogens (tertiary/aromatic N) is 1. The topological polar surface area (TPSA) is 37.9 Å². The van der Waals surface area contributed by atoms with E-state index in [0.717, 1.165) is 31.9 Å². The molecule has 1 aromatic rings. The molecular formula is C9H14N2O. The zero-order valence-corrected chi connectivity index (χ0v) is 7.34. The lowest BCUT2D eigenvalue weighted by molar-refractivity contribution is 0.0846. The molecule has 2 rings (SSSR count). The molecule has 0 radical (unpaired) electrons. The van der Waals surface area contributed by atoms with Crippen LogP contribution in [-0.4, -0.2) is 23.2 Å². The van der Waals surface area contributed by atoms with E-state index in [2.05, 4.69) is 9.97 Å². The number of hydrogen-bond acceptors (Lipinski definition) is 2. The number of ether oxygens (including phenoxy) is 1. The summed E-state index contributed by atoms with van der Waals surface area (Å²) >= 11 is 0. The van der Waals surface area contributed by atoms with E-state index in [4.69, 9.17) is 4.74 Å². The van der Waals surface area contributed by atoms with Crippen molar-refractivity contribution in [2.45, 2.75) is 25.7 Å². The van der Waals surface area contributed by atoms with Crippen molar-refractivity contribution in [1.29, 1.82) is 0 Å². The second-order valence-electron chi connectivity index (χ2n) is 3.31. The molecule has 0 bridgehead atoms. The number of aromatic nitrogens is 2. The van der Waals surface area contributed by atoms with Gasteiger partial charge in [0, 0.05) is 31.0 Å². The summed E-state index contributed by atoms with van der Waals surface area (Å²) in [6, 6.07) is 0. The highest BCUT2D eigenvalue weighted by Gasteiger charge is 2.16. The molecule has 1 aliphatic heterocycles. The van der Waals surface area contributed by atoms with Gasteiger partial charge in [-0.3, -0.25) is 0 Å². The molecule has 0 unspecified atom stereocenters. The summed E-state index contributed by atoms with van der Waals surface area (Å²) in [5.74, 6) is 1.65. The first-order valence-electron chi connectivity index (χ1n) is 4.45. The zero-order chi connectivity index (χ0) is 8.39. The minimum atomic E-state index is 0.639. The minimum Gasteiger partial charge on any atom is -0.381 e. The fourth-order valence-electron chi connectivity index (χ4n) is 1.66. The van der Waals surface area contributed by atoms with E-state index in [-0.39, 0.29) is 0 Å². The van der Waals surface area contributed by atoms with Crippen LogP contribution < -0.4 is 0 Å². The normalized spacial score (nSPS) is 19.8. The van der Waals surface area contributed by atoms with Gasteiger partial charge in [0.15, 0.2) is 0 Å². The summed E-state index contributed by atoms with van der Waals surface area (Å²) < 4.78 is 5.29. The Morgan fingerprint density at radius 3 is 2.83 bits per heavy atom. The number of aryl methyl sites for hydroxylation is 1. The third-order valence-corrected chi connectivity index (χ3v) is 2.38. The largest absolute Gasteiger partial charge is 0.381 e. The Hall–Kier alpha value is -0.830. The molecule has 1 aliphatic rings. The van der Waals surface area contributed by atoms with Crippen LogP contribution in [0.15, 0.2) is 6.20 Å². The molecular weight excluding hydrogens is 152 g/mol. The first-order chi connectivity index (χ1) is 5.86. The van der Waals surface area contributed by atoms with Gasteiger partial charge in [-0.25, -0.2) is 4.98 Å². The molecule has 0 saturated carbocycles. The fraction of sp³-hybridized carbons (Fsp3) is 0.667. The van der Waals surface area contributed by atoms with Crippen LogP contribution in [0.4, 0.5) is 0 Å². The van der Waals surface area contributed by atoms with Crippen LogP contribution in [0.5, 0.6) is 0 Å². The monoisotopic (exact) mass is 166 g/mol. The Bertz CT molecular complexity index is 251. The van der Waals surface area contributed by atoms with Crippen LogP contribution in [0.1, 0.15) is 30.3 Å². The standard InChI is InChI=1S/C9H14N2O/c1-7-10-6-9(11-7)8-2-4-12-5-3-8/h6,8H,2-5H2,1H3,(H,10,11). The maximum atomic E-state index is 5.29. The molecule has 3 heteroatoms. The average Bonchev–Trinajstić information content (AvgIpc) is 2.54. The lowest BCUT2D eigenvalue weighted by atomic mass is 9.97. The summed E-state index contributed by atoms with van der Waals surface area (Å²) in [6.07, 6.45) is 4.20. The van der Waals surface area contributed by atoms with Crippen molar-refractivity contribution < 1.29 is 4.74 Å². The van der Waals surface area contributed by atoms with Gasteiger partial charge >= 0.3 is 0 Å². The van der Waals surface area contributed by atoms with Crippen LogP contribution in [0, 0.1) is 6.92 Å². The van der Waals surface area contributed by atoms with Crippen LogP contribution in [-0.2, 0) is 4.74 Å². The Morgan fingerprint density at radius 2 is 2.25 bits per heavy atom. The average molecular weight is 166 g/mol. The van der Waals surface area contributed by atoms with Gasteiger partial charge in [0.05, 0.1) is 0 Å². The number of aromatic amines is 1. The Morgan fingerprint density at radius 1 is 1.50 bits per heavy atom. The minimum absolute atomic E-state index is 0.639. The summed E-state index contributed by atoms with van der Waals surface area (Å²) in [5, 5.41) is 0. The highest BCUT2D eigenvalue weighted by Crippen LogP contribution is 2.24. The maximum absolute atomic E-state index is 5.29. The number of H-pyrrole nitrogens is 1. The highest BCUT2D eigenvalue weighted by molar-refractivity contribution is 5.07. The van der Waals surface area contributed by atoms with E-state index in [1.807, 2.05) is 13.1 Å². The van der Waals surface area contributed by atoms with Gasteiger partial charge in [-0.05, 0) is 19.8 Å². The third-order valence-electron chi connectivity index (χ3n) is 2.38. The van der Waals surface area contributed by atoms with Gasteiger partial charge in [0.25, 0.3) is 0 Å². The molecule has 1 saturated heterocycles. The van der Waals surface area contributed by atoms with E-state index in [9.17, 15) is 0 Å². The SMILES string of the molecule is Cc1ncc(C2CCOCC2)[nH]1. The third kappa shape index (κ3) is 1.50. The lowest BCUT2D eigenvalue weighted by Crippen LogP contribution is -2.14. The summed E-state index contributed by atoms with van der Waals surface area (Å²) in [7, 11) is 0. The smallest absolute Gasteiger partial charge is 0.103 e. The van der Waals surface area contributed by atoms with Crippen molar-refractivity contribution in [3.63, 3.8) is 0 Å². The summed E-state index contributed by atoms with van der Waals surface area (Å²) in [5.41, 5.74) is 1.27. The maximum Gasteiger partial charge on any atom is 0.103 e. The highest BCUT2D eigenvalue weighted by atomic mass is 16.5. The van der Waals surface area contributed by atoms with Gasteiger partial charge in [0.2, 0.25) is 0 Å². The first kappa shape index (κ1) is 7.80. The molecule has 12 heavy (non-hydrogen) atoms. The molecule has 0 atom stereocenters. The van der Waals surface area contributed by atoms with Gasteiger partial charge < -0.3 is 9.72 Å². The van der Waals surface area contributed by atoms with Gasteiger partial charge in [-0.2, -0.15) is 0 Å². The van der Waals surface area contributed by atoms with E-state index >= 15 is 0 Å². The van der Waals surface area contributed by atoms with E-state index in [0.29, 0.717) is 5.92 Å². The first-order valence-corrected chi connectivity index (χ1v) is 4.45. The second-order valence-corrected chi connectivity index (χ2v) is 3.31. The molecule has 0 aromatic carbocycles. The molecule has 1 fully saturated rings. The Labute approximate surface area is 72.2 Å². The van der Waals surface area contributed by atoms with Crippen LogP contribution in [0.25, 0.3) is 0 Å². The number of nitrogens with one attached hydrogen (secondary N) is 1. The second kappa shape index (κ2) is 3.27. The molecule has 3 nitrogen and oxygen atoms in total. The van der Waals surface area contributed by atoms with Crippen molar-refractivity contribution >= 4 is 0 Å². The van der Waals surface area contributed by atoms with E-state index < -0.39 is 0 Å². The Kier molecular flexibility index (Phi) is 2.13. The molecule has 66 valence electrons. The quantitative estimate of drug-likeness (QED) is 0.688. The van der Waals surface area contributed by atoms with Crippen LogP contribution in [0.3, 0.4) is 0 Å². The summed E-state index contributed by atoms with van der Waals surface area (Å²) in [4.78, 5) is 7.47. The van der Waals surface area contributed by atoms with Crippen molar-refractivity contribution in [2.24, 2.45) is 0 Å². The molecule has 0 amide bonds. The van der Waals surface area contributed by atoms with Crippen molar-refractivity contribution in [3.05, 3.63) is 17.7 Å². The molecule has 0 spiro atoms. The summed E-state index contributed by atoms with van der Waals surface area (Å²) in [6.45, 7) is 3.77. The van der Waals surface area contributed by atoms with Crippen molar-refractivity contribution in [3.8, 4) is 0 Å². The Balaban J connectivity index is 2.08. The van der Waals surface area contributed by atoms with E-state index in [1.165, 1.54) is 5.69 Å². The predicted octanol–water partition coefficient (Wildman–Crippen LogP) is 1.61. The molecule has 1 N–H and O–H groups in total. The molecule has 1 aromatic heterocycles. The van der Waals surface area contributed by atoms with Crippen molar-refractivity contribution in [2.75, 3.05) is 13.2 Å². The fourth-order valence-corrected chi connectivity index (χ4v) is 1.66. The van der Waals surface area contributed by atoms with Gasteiger partial charge in [-0.15, -0.1) is 0 Å². The van der Waals surface area contributed by atoms with Crippen molar-refractivity contribution in [1.82, 2.24) is 9.97 Å². The van der Waals surface area contributed by atoms with E-state index in [1.54, 1.807) is 0 Å². The van der Waals surface area contributed by atoms with Crippen LogP contribution >= 0.6 is 0 Å². The van der Waals surface area contributed by atoms with Gasteiger partial charge in [0.1, 0.15) is 5.82 Å². The zero-order valence-electron chi connectivity index (χ0n) is 7.34. The number of rotatable bonds is 1. The number of imidazole rings is 1. The predicted molar refractivity (Wildman–Crippen MR) is 46.1 cm³/mol. The van der Waals surface area contributed by atoms with Crippen LogP contribution in [0.2, 0.25) is 0 Å². The lowest BCUT2D eigenvalue weighted by Gasteiger charge is -2.20. The number of hydrogen-bond donors (Lipinski definition) is 1. The molecule has 2 heterocycles.